The summed E-state index contributed by atoms with van der Waals surface area (Å²) < 4.78 is 10.9. The van der Waals surface area contributed by atoms with E-state index in [4.69, 9.17) is 9.47 Å². The van der Waals surface area contributed by atoms with Crippen LogP contribution in [0.1, 0.15) is 37.4 Å². The average molecular weight is 552 g/mol. The highest BCUT2D eigenvalue weighted by Gasteiger charge is 2.19. The van der Waals surface area contributed by atoms with Gasteiger partial charge in [-0.2, -0.15) is 0 Å². The highest BCUT2D eigenvalue weighted by Crippen LogP contribution is 2.33. The normalized spacial score (nSPS) is 12.7. The number of nitrogens with zero attached hydrogens (tertiary/aromatic N) is 1. The van der Waals surface area contributed by atoms with Crippen molar-refractivity contribution < 1.29 is 24.2 Å². The quantitative estimate of drug-likeness (QED) is 0.254. The summed E-state index contributed by atoms with van der Waals surface area (Å²) in [7, 11) is 3.32. The Hall–Kier alpha value is -4.82. The first kappa shape index (κ1) is 27.7. The molecule has 41 heavy (non-hydrogen) atoms. The molecule has 1 heterocycles. The lowest BCUT2D eigenvalue weighted by molar-refractivity contribution is 0.102. The molecular formula is C33H33N3O5. The largest absolute Gasteiger partial charge is 0.508 e. The third kappa shape index (κ3) is 6.67. The van der Waals surface area contributed by atoms with Crippen LogP contribution in [0.4, 0.5) is 11.4 Å². The molecule has 0 bridgehead atoms. The molecule has 0 saturated carbocycles. The molecule has 8 heteroatoms. The number of hydrogen-bond acceptors (Lipinski definition) is 6. The van der Waals surface area contributed by atoms with Gasteiger partial charge < -0.3 is 25.2 Å². The zero-order valence-electron chi connectivity index (χ0n) is 23.1. The lowest BCUT2D eigenvalue weighted by Crippen LogP contribution is -2.32. The van der Waals surface area contributed by atoms with Crippen molar-refractivity contribution in [3.63, 3.8) is 0 Å². The molecule has 4 aromatic carbocycles. The Balaban J connectivity index is 1.17. The molecular weight excluding hydrogens is 518 g/mol. The maximum atomic E-state index is 13.1. The molecule has 1 aliphatic rings. The van der Waals surface area contributed by atoms with Gasteiger partial charge in [0.25, 0.3) is 11.8 Å². The number of para-hydroxylation sites is 1. The minimum atomic E-state index is -0.370. The predicted molar refractivity (Wildman–Crippen MR) is 159 cm³/mol. The summed E-state index contributed by atoms with van der Waals surface area (Å²) in [6, 6.07) is 24.8. The number of methoxy groups -OCH3 is 2. The van der Waals surface area contributed by atoms with Crippen LogP contribution < -0.4 is 20.1 Å². The first-order valence-electron chi connectivity index (χ1n) is 13.5. The molecule has 5 rings (SSSR count). The SMILES string of the molecule is COc1cc2c(cc1OC)CN(CCc1ccc(NC(=O)c3ccccc3NC(=O)c3ccc(O)cc3)cc1)CC2. The van der Waals surface area contributed by atoms with Crippen molar-refractivity contribution in [1.82, 2.24) is 4.90 Å². The van der Waals surface area contributed by atoms with E-state index in [1.165, 1.54) is 41.0 Å². The van der Waals surface area contributed by atoms with E-state index in [0.29, 0.717) is 22.5 Å². The highest BCUT2D eigenvalue weighted by molar-refractivity contribution is 6.12. The number of carbonyl (C=O) groups is 2. The monoisotopic (exact) mass is 551 g/mol. The van der Waals surface area contributed by atoms with Crippen molar-refractivity contribution in [2.45, 2.75) is 19.4 Å². The Morgan fingerprint density at radius 1 is 0.829 bits per heavy atom. The third-order valence-corrected chi connectivity index (χ3v) is 7.27. The predicted octanol–water partition coefficient (Wildman–Crippen LogP) is 5.51. The molecule has 8 nitrogen and oxygen atoms in total. The maximum Gasteiger partial charge on any atom is 0.257 e. The standard InChI is InChI=1S/C33H33N3O5/c1-40-30-19-24-16-18-36(21-25(24)20-31(30)41-2)17-15-22-7-11-26(12-8-22)34-33(39)28-5-3-4-6-29(28)35-32(38)23-9-13-27(37)14-10-23/h3-14,19-20,37H,15-18,21H2,1-2H3,(H,34,39)(H,35,38). The van der Waals surface area contributed by atoms with E-state index in [1.54, 1.807) is 38.5 Å². The summed E-state index contributed by atoms with van der Waals surface area (Å²) in [5.74, 6) is 0.915. The summed E-state index contributed by atoms with van der Waals surface area (Å²) in [6.45, 7) is 2.78. The molecule has 0 unspecified atom stereocenters. The summed E-state index contributed by atoms with van der Waals surface area (Å²) in [5, 5.41) is 15.2. The third-order valence-electron chi connectivity index (χ3n) is 7.27. The second-order valence-corrected chi connectivity index (χ2v) is 9.95. The van der Waals surface area contributed by atoms with Crippen LogP contribution in [0, 0.1) is 0 Å². The van der Waals surface area contributed by atoms with Crippen molar-refractivity contribution >= 4 is 23.2 Å². The Morgan fingerprint density at radius 2 is 1.51 bits per heavy atom. The molecule has 1 aliphatic heterocycles. The maximum absolute atomic E-state index is 13.1. The molecule has 3 N–H and O–H groups in total. The van der Waals surface area contributed by atoms with E-state index in [1.807, 2.05) is 24.3 Å². The number of carbonyl (C=O) groups excluding carboxylic acids is 2. The van der Waals surface area contributed by atoms with Crippen molar-refractivity contribution in [2.24, 2.45) is 0 Å². The van der Waals surface area contributed by atoms with Gasteiger partial charge >= 0.3 is 0 Å². The first-order chi connectivity index (χ1) is 19.9. The number of rotatable bonds is 9. The van der Waals surface area contributed by atoms with Gasteiger partial charge in [-0.25, -0.2) is 0 Å². The number of benzene rings is 4. The Bertz CT molecular complexity index is 1530. The second-order valence-electron chi connectivity index (χ2n) is 9.95. The molecule has 4 aromatic rings. The van der Waals surface area contributed by atoms with Crippen molar-refractivity contribution in [1.29, 1.82) is 0 Å². The first-order valence-corrected chi connectivity index (χ1v) is 13.5. The van der Waals surface area contributed by atoms with Crippen LogP contribution in [0.2, 0.25) is 0 Å². The van der Waals surface area contributed by atoms with Gasteiger partial charge in [0, 0.05) is 30.9 Å². The van der Waals surface area contributed by atoms with Crippen molar-refractivity contribution in [2.75, 3.05) is 37.9 Å². The number of phenols is 1. The smallest absolute Gasteiger partial charge is 0.257 e. The number of fused-ring (bicyclic) bond motifs is 1. The zero-order valence-corrected chi connectivity index (χ0v) is 23.1. The minimum Gasteiger partial charge on any atom is -0.508 e. The van der Waals surface area contributed by atoms with Crippen LogP contribution in [0.3, 0.4) is 0 Å². The lowest BCUT2D eigenvalue weighted by atomic mass is 9.98. The van der Waals surface area contributed by atoms with E-state index in [9.17, 15) is 14.7 Å². The number of nitrogens with one attached hydrogen (secondary N) is 2. The van der Waals surface area contributed by atoms with Crippen LogP contribution in [0.15, 0.2) is 84.9 Å². The Morgan fingerprint density at radius 3 is 2.22 bits per heavy atom. The lowest BCUT2D eigenvalue weighted by Gasteiger charge is -2.29. The fourth-order valence-corrected chi connectivity index (χ4v) is 4.97. The average Bonchev–Trinajstić information content (AvgIpc) is 3.00. The number of ether oxygens (including phenoxy) is 2. The number of aromatic hydroxyl groups is 1. The van der Waals surface area contributed by atoms with Crippen LogP contribution in [-0.4, -0.2) is 49.1 Å². The molecule has 0 aromatic heterocycles. The van der Waals surface area contributed by atoms with E-state index in [-0.39, 0.29) is 17.6 Å². The molecule has 2 amide bonds. The number of anilines is 2. The zero-order chi connectivity index (χ0) is 28.8. The number of phenolic OH excluding ortho intramolecular Hbond substituents is 1. The summed E-state index contributed by atoms with van der Waals surface area (Å²) >= 11 is 0. The van der Waals surface area contributed by atoms with Gasteiger partial charge in [0.1, 0.15) is 5.75 Å². The van der Waals surface area contributed by atoms with E-state index < -0.39 is 0 Å². The van der Waals surface area contributed by atoms with Gasteiger partial charge in [-0.3, -0.25) is 14.5 Å². The van der Waals surface area contributed by atoms with Gasteiger partial charge in [0.2, 0.25) is 0 Å². The summed E-state index contributed by atoms with van der Waals surface area (Å²) in [6.07, 6.45) is 1.86. The van der Waals surface area contributed by atoms with Crippen LogP contribution in [0.5, 0.6) is 17.2 Å². The fourth-order valence-electron chi connectivity index (χ4n) is 4.97. The highest BCUT2D eigenvalue weighted by atomic mass is 16.5. The summed E-state index contributed by atoms with van der Waals surface area (Å²) in [5.41, 5.74) is 5.56. The molecule has 0 atom stereocenters. The van der Waals surface area contributed by atoms with Gasteiger partial charge in [-0.1, -0.05) is 24.3 Å². The number of hydrogen-bond donors (Lipinski definition) is 3. The van der Waals surface area contributed by atoms with E-state index >= 15 is 0 Å². The van der Waals surface area contributed by atoms with Crippen molar-refractivity contribution in [3.8, 4) is 17.2 Å². The molecule has 0 aliphatic carbocycles. The number of amides is 2. The Kier molecular flexibility index (Phi) is 8.50. The van der Waals surface area contributed by atoms with Gasteiger partial charge in [0.15, 0.2) is 11.5 Å². The fraction of sp³-hybridized carbons (Fsp3) is 0.212. The molecule has 0 saturated heterocycles. The van der Waals surface area contributed by atoms with Crippen LogP contribution in [-0.2, 0) is 19.4 Å². The van der Waals surface area contributed by atoms with Gasteiger partial charge in [-0.15, -0.1) is 0 Å². The van der Waals surface area contributed by atoms with E-state index in [0.717, 1.165) is 44.0 Å². The molecule has 0 spiro atoms. The van der Waals surface area contributed by atoms with E-state index in [2.05, 4.69) is 27.7 Å². The summed E-state index contributed by atoms with van der Waals surface area (Å²) in [4.78, 5) is 28.2. The molecule has 0 fully saturated rings. The van der Waals surface area contributed by atoms with Crippen molar-refractivity contribution in [3.05, 3.63) is 113 Å². The van der Waals surface area contributed by atoms with Crippen LogP contribution in [0.25, 0.3) is 0 Å². The van der Waals surface area contributed by atoms with Gasteiger partial charge in [0.05, 0.1) is 25.5 Å². The van der Waals surface area contributed by atoms with Crippen LogP contribution >= 0.6 is 0 Å². The topological polar surface area (TPSA) is 100 Å². The van der Waals surface area contributed by atoms with Gasteiger partial charge in [-0.05, 0) is 90.2 Å². The molecule has 210 valence electrons. The Labute approximate surface area is 239 Å². The second kappa shape index (κ2) is 12.6. The molecule has 0 radical (unpaired) electrons. The minimum absolute atomic E-state index is 0.0760.